The van der Waals surface area contributed by atoms with Crippen molar-refractivity contribution in [1.29, 1.82) is 0 Å². The standard InChI is InChI=1S/C19H22N2O4S/c1-14-8-10-16(11-9-14)26(23,24)21-13-12-20(19(22)15(21)2)17-6-4-5-7-18(17)25-3/h4-11,15H,12-13H2,1-3H3/t15-/m0/s1. The van der Waals surface area contributed by atoms with Crippen molar-refractivity contribution in [3.8, 4) is 5.75 Å². The molecule has 0 unspecified atom stereocenters. The van der Waals surface area contributed by atoms with Crippen molar-refractivity contribution in [2.24, 2.45) is 0 Å². The van der Waals surface area contributed by atoms with Crippen LogP contribution in [0.5, 0.6) is 5.75 Å². The Balaban J connectivity index is 1.89. The molecule has 1 fully saturated rings. The third kappa shape index (κ3) is 3.20. The van der Waals surface area contributed by atoms with Gasteiger partial charge in [-0.1, -0.05) is 29.8 Å². The number of rotatable bonds is 4. The number of piperazine rings is 1. The number of amides is 1. The van der Waals surface area contributed by atoms with E-state index in [1.165, 1.54) is 4.31 Å². The number of carbonyl (C=O) groups is 1. The summed E-state index contributed by atoms with van der Waals surface area (Å²) >= 11 is 0. The highest BCUT2D eigenvalue weighted by Crippen LogP contribution is 2.31. The molecule has 0 aliphatic carbocycles. The summed E-state index contributed by atoms with van der Waals surface area (Å²) in [7, 11) is -2.18. The van der Waals surface area contributed by atoms with Crippen LogP contribution in [0.3, 0.4) is 0 Å². The van der Waals surface area contributed by atoms with Crippen molar-refractivity contribution in [1.82, 2.24) is 4.31 Å². The lowest BCUT2D eigenvalue weighted by Crippen LogP contribution is -2.57. The average Bonchev–Trinajstić information content (AvgIpc) is 2.64. The molecule has 1 aliphatic rings. The fourth-order valence-corrected chi connectivity index (χ4v) is 4.70. The molecule has 1 saturated heterocycles. The molecule has 0 radical (unpaired) electrons. The van der Waals surface area contributed by atoms with E-state index in [9.17, 15) is 13.2 Å². The predicted octanol–water partition coefficient (Wildman–Crippen LogP) is 2.43. The molecular weight excluding hydrogens is 352 g/mol. The first-order valence-electron chi connectivity index (χ1n) is 8.39. The van der Waals surface area contributed by atoms with Crippen molar-refractivity contribution in [2.45, 2.75) is 24.8 Å². The van der Waals surface area contributed by atoms with E-state index >= 15 is 0 Å². The van der Waals surface area contributed by atoms with E-state index in [2.05, 4.69) is 0 Å². The number of aryl methyl sites for hydroxylation is 1. The summed E-state index contributed by atoms with van der Waals surface area (Å²) in [6.45, 7) is 4.01. The van der Waals surface area contributed by atoms with E-state index in [0.717, 1.165) is 5.56 Å². The first kappa shape index (κ1) is 18.4. The van der Waals surface area contributed by atoms with Gasteiger partial charge in [-0.3, -0.25) is 4.79 Å². The maximum Gasteiger partial charge on any atom is 0.245 e. The quantitative estimate of drug-likeness (QED) is 0.824. The van der Waals surface area contributed by atoms with Crippen LogP contribution >= 0.6 is 0 Å². The summed E-state index contributed by atoms with van der Waals surface area (Å²) < 4.78 is 32.5. The zero-order valence-corrected chi connectivity index (χ0v) is 15.9. The van der Waals surface area contributed by atoms with Gasteiger partial charge in [0.2, 0.25) is 15.9 Å². The topological polar surface area (TPSA) is 66.9 Å². The maximum absolute atomic E-state index is 13.0. The lowest BCUT2D eigenvalue weighted by molar-refractivity contribution is -0.123. The lowest BCUT2D eigenvalue weighted by atomic mass is 10.2. The highest BCUT2D eigenvalue weighted by atomic mass is 32.2. The Bertz CT molecular complexity index is 909. The van der Waals surface area contributed by atoms with Crippen LogP contribution in [0.1, 0.15) is 12.5 Å². The zero-order valence-electron chi connectivity index (χ0n) is 15.0. The van der Waals surface area contributed by atoms with E-state index in [1.807, 2.05) is 19.1 Å². The second-order valence-electron chi connectivity index (χ2n) is 6.27. The minimum absolute atomic E-state index is 0.202. The summed E-state index contributed by atoms with van der Waals surface area (Å²) in [6, 6.07) is 13.1. The molecule has 2 aromatic carbocycles. The summed E-state index contributed by atoms with van der Waals surface area (Å²) in [5.74, 6) is 0.319. The molecule has 1 aliphatic heterocycles. The Morgan fingerprint density at radius 1 is 1.04 bits per heavy atom. The predicted molar refractivity (Wildman–Crippen MR) is 99.9 cm³/mol. The fraction of sp³-hybridized carbons (Fsp3) is 0.316. The molecule has 138 valence electrons. The van der Waals surface area contributed by atoms with E-state index in [1.54, 1.807) is 55.3 Å². The van der Waals surface area contributed by atoms with Crippen LogP contribution in [0.15, 0.2) is 53.4 Å². The SMILES string of the molecule is COc1ccccc1N1CCN(S(=O)(=O)c2ccc(C)cc2)[C@@H](C)C1=O. The Hall–Kier alpha value is -2.38. The number of hydrogen-bond acceptors (Lipinski definition) is 4. The molecule has 7 heteroatoms. The number of nitrogens with zero attached hydrogens (tertiary/aromatic N) is 2. The molecule has 0 spiro atoms. The molecule has 0 bridgehead atoms. The van der Waals surface area contributed by atoms with Gasteiger partial charge in [-0.2, -0.15) is 4.31 Å². The van der Waals surface area contributed by atoms with E-state index in [0.29, 0.717) is 11.4 Å². The fourth-order valence-electron chi connectivity index (χ4n) is 3.12. The van der Waals surface area contributed by atoms with Gasteiger partial charge in [-0.25, -0.2) is 8.42 Å². The van der Waals surface area contributed by atoms with Crippen LogP contribution in [-0.4, -0.2) is 44.9 Å². The molecule has 1 atom stereocenters. The second kappa shape index (κ2) is 7.09. The highest BCUT2D eigenvalue weighted by molar-refractivity contribution is 7.89. The molecule has 3 rings (SSSR count). The van der Waals surface area contributed by atoms with Crippen molar-refractivity contribution in [3.63, 3.8) is 0 Å². The van der Waals surface area contributed by atoms with Crippen molar-refractivity contribution in [2.75, 3.05) is 25.1 Å². The number of carbonyl (C=O) groups excluding carboxylic acids is 1. The number of hydrogen-bond donors (Lipinski definition) is 0. The van der Waals surface area contributed by atoms with Crippen LogP contribution in [0.2, 0.25) is 0 Å². The van der Waals surface area contributed by atoms with Crippen LogP contribution < -0.4 is 9.64 Å². The summed E-state index contributed by atoms with van der Waals surface area (Å²) in [5, 5.41) is 0. The molecule has 6 nitrogen and oxygen atoms in total. The second-order valence-corrected chi connectivity index (χ2v) is 8.16. The number of benzene rings is 2. The Morgan fingerprint density at radius 2 is 1.69 bits per heavy atom. The highest BCUT2D eigenvalue weighted by Gasteiger charge is 2.40. The number of para-hydroxylation sites is 2. The molecule has 0 aromatic heterocycles. The van der Waals surface area contributed by atoms with Crippen LogP contribution in [-0.2, 0) is 14.8 Å². The van der Waals surface area contributed by atoms with Gasteiger partial charge in [0.15, 0.2) is 0 Å². The minimum Gasteiger partial charge on any atom is -0.495 e. The smallest absolute Gasteiger partial charge is 0.245 e. The van der Waals surface area contributed by atoms with E-state index < -0.39 is 16.1 Å². The van der Waals surface area contributed by atoms with Crippen molar-refractivity contribution in [3.05, 3.63) is 54.1 Å². The molecule has 26 heavy (non-hydrogen) atoms. The Morgan fingerprint density at radius 3 is 2.35 bits per heavy atom. The summed E-state index contributed by atoms with van der Waals surface area (Å²) in [4.78, 5) is 14.7. The third-order valence-electron chi connectivity index (χ3n) is 4.60. The molecule has 0 saturated carbocycles. The van der Waals surface area contributed by atoms with Crippen LogP contribution in [0.25, 0.3) is 0 Å². The van der Waals surface area contributed by atoms with Crippen LogP contribution in [0.4, 0.5) is 5.69 Å². The summed E-state index contributed by atoms with van der Waals surface area (Å²) in [5.41, 5.74) is 1.63. The largest absolute Gasteiger partial charge is 0.495 e. The molecule has 1 heterocycles. The summed E-state index contributed by atoms with van der Waals surface area (Å²) in [6.07, 6.45) is 0. The van der Waals surface area contributed by atoms with Gasteiger partial charge in [-0.15, -0.1) is 0 Å². The van der Waals surface area contributed by atoms with Gasteiger partial charge in [0.1, 0.15) is 11.8 Å². The van der Waals surface area contributed by atoms with Crippen molar-refractivity contribution >= 4 is 21.6 Å². The lowest BCUT2D eigenvalue weighted by Gasteiger charge is -2.38. The normalized spacial score (nSPS) is 18.8. The average molecular weight is 374 g/mol. The number of ether oxygens (including phenoxy) is 1. The first-order chi connectivity index (χ1) is 12.4. The van der Waals surface area contributed by atoms with Gasteiger partial charge in [0.05, 0.1) is 17.7 Å². The third-order valence-corrected chi connectivity index (χ3v) is 6.59. The first-order valence-corrected chi connectivity index (χ1v) is 9.83. The minimum atomic E-state index is -3.73. The number of methoxy groups -OCH3 is 1. The maximum atomic E-state index is 13.0. The number of sulfonamides is 1. The molecule has 2 aromatic rings. The zero-order chi connectivity index (χ0) is 18.9. The van der Waals surface area contributed by atoms with Gasteiger partial charge in [0, 0.05) is 13.1 Å². The molecular formula is C19H22N2O4S. The van der Waals surface area contributed by atoms with E-state index in [-0.39, 0.29) is 23.9 Å². The van der Waals surface area contributed by atoms with Crippen LogP contribution in [0, 0.1) is 6.92 Å². The molecule has 0 N–H and O–H groups in total. The Kier molecular flexibility index (Phi) is 5.02. The van der Waals surface area contributed by atoms with Gasteiger partial charge < -0.3 is 9.64 Å². The van der Waals surface area contributed by atoms with Gasteiger partial charge in [0.25, 0.3) is 0 Å². The van der Waals surface area contributed by atoms with Gasteiger partial charge >= 0.3 is 0 Å². The van der Waals surface area contributed by atoms with Gasteiger partial charge in [-0.05, 0) is 38.1 Å². The monoisotopic (exact) mass is 374 g/mol. The molecule has 1 amide bonds. The van der Waals surface area contributed by atoms with Crippen molar-refractivity contribution < 1.29 is 17.9 Å². The van der Waals surface area contributed by atoms with E-state index in [4.69, 9.17) is 4.74 Å². The number of anilines is 1. The Labute approximate surface area is 154 Å².